The molecule has 27 heavy (non-hydrogen) atoms. The maximum Gasteiger partial charge on any atom is 0.231 e. The molecule has 1 aromatic heterocycles. The Hall–Kier alpha value is -1.82. The summed E-state index contributed by atoms with van der Waals surface area (Å²) < 4.78 is 5.74. The van der Waals surface area contributed by atoms with E-state index in [1.807, 2.05) is 28.9 Å². The van der Waals surface area contributed by atoms with Crippen LogP contribution in [0, 0.1) is 17.8 Å². The number of aryl methyl sites for hydroxylation is 1. The molecule has 0 aromatic carbocycles. The van der Waals surface area contributed by atoms with Crippen LogP contribution in [-0.2, 0) is 16.1 Å². The molecule has 6 nitrogen and oxygen atoms in total. The molecule has 3 saturated heterocycles. The van der Waals surface area contributed by atoms with Gasteiger partial charge in [0.25, 0.3) is 0 Å². The lowest BCUT2D eigenvalue weighted by Crippen LogP contribution is -2.52. The van der Waals surface area contributed by atoms with Gasteiger partial charge in [0.1, 0.15) is 11.5 Å². The summed E-state index contributed by atoms with van der Waals surface area (Å²) in [6, 6.07) is 4.06. The van der Waals surface area contributed by atoms with Crippen LogP contribution in [0.2, 0.25) is 0 Å². The minimum Gasteiger partial charge on any atom is -0.465 e. The van der Waals surface area contributed by atoms with E-state index in [1.54, 1.807) is 6.92 Å². The van der Waals surface area contributed by atoms with Gasteiger partial charge in [-0.2, -0.15) is 0 Å². The van der Waals surface area contributed by atoms with E-state index in [-0.39, 0.29) is 22.6 Å². The number of rotatable bonds is 3. The maximum atomic E-state index is 13.3. The van der Waals surface area contributed by atoms with E-state index in [4.69, 9.17) is 4.42 Å². The van der Waals surface area contributed by atoms with Crippen molar-refractivity contribution < 1.29 is 14.0 Å². The minimum atomic E-state index is -0.373. The quantitative estimate of drug-likeness (QED) is 0.816. The summed E-state index contributed by atoms with van der Waals surface area (Å²) in [5.74, 6) is 2.33. The van der Waals surface area contributed by atoms with E-state index in [0.29, 0.717) is 6.54 Å². The second kappa shape index (κ2) is 6.66. The standard InChI is InChI=1S/C21H31N3O3/c1-4-23-12-9-21(19(23)26)15-24(17(3)25)14-20(21)7-10-22(11-8-20)13-18-6-5-16(2)27-18/h5-6H,4,7-15H2,1-3H3. The highest BCUT2D eigenvalue weighted by Gasteiger charge is 2.65. The molecule has 2 amide bonds. The van der Waals surface area contributed by atoms with Gasteiger partial charge in [-0.1, -0.05) is 0 Å². The fourth-order valence-corrected chi connectivity index (χ4v) is 5.63. The van der Waals surface area contributed by atoms with Crippen molar-refractivity contribution >= 4 is 11.8 Å². The Morgan fingerprint density at radius 3 is 2.44 bits per heavy atom. The fraction of sp³-hybridized carbons (Fsp3) is 0.714. The van der Waals surface area contributed by atoms with E-state index in [0.717, 1.165) is 70.1 Å². The SMILES string of the molecule is CCN1CCC2(CN(C(C)=O)CC23CCN(Cc2ccc(C)o2)CC3)C1=O. The normalized spacial score (nSPS) is 28.0. The number of fused-ring (bicyclic) bond motifs is 1. The number of amides is 2. The van der Waals surface area contributed by atoms with Crippen molar-refractivity contribution in [2.24, 2.45) is 10.8 Å². The molecule has 4 heterocycles. The van der Waals surface area contributed by atoms with Gasteiger partial charge in [-0.3, -0.25) is 14.5 Å². The first-order chi connectivity index (χ1) is 12.9. The number of hydrogen-bond donors (Lipinski definition) is 0. The third-order valence-corrected chi connectivity index (χ3v) is 7.29. The van der Waals surface area contributed by atoms with Gasteiger partial charge in [-0.05, 0) is 58.3 Å². The second-order valence-corrected chi connectivity index (χ2v) is 8.66. The average Bonchev–Trinajstić information content (AvgIpc) is 3.29. The van der Waals surface area contributed by atoms with E-state index in [1.165, 1.54) is 0 Å². The van der Waals surface area contributed by atoms with Crippen molar-refractivity contribution in [1.82, 2.24) is 14.7 Å². The molecule has 0 bridgehead atoms. The van der Waals surface area contributed by atoms with Crippen LogP contribution in [0.3, 0.4) is 0 Å². The van der Waals surface area contributed by atoms with E-state index in [2.05, 4.69) is 11.8 Å². The Balaban J connectivity index is 1.53. The first-order valence-electron chi connectivity index (χ1n) is 10.2. The monoisotopic (exact) mass is 373 g/mol. The van der Waals surface area contributed by atoms with Crippen LogP contribution in [0.5, 0.6) is 0 Å². The lowest BCUT2D eigenvalue weighted by atomic mass is 9.60. The third kappa shape index (κ3) is 2.89. The van der Waals surface area contributed by atoms with E-state index >= 15 is 0 Å². The highest BCUT2D eigenvalue weighted by molar-refractivity contribution is 5.88. The number of likely N-dealkylation sites (tertiary alicyclic amines) is 3. The molecule has 0 aliphatic carbocycles. The summed E-state index contributed by atoms with van der Waals surface area (Å²) in [6.45, 7) is 11.3. The number of carbonyl (C=O) groups is 2. The summed E-state index contributed by atoms with van der Waals surface area (Å²) in [6.07, 6.45) is 2.83. The Morgan fingerprint density at radius 2 is 1.89 bits per heavy atom. The zero-order valence-electron chi connectivity index (χ0n) is 16.8. The molecular formula is C21H31N3O3. The fourth-order valence-electron chi connectivity index (χ4n) is 5.63. The first-order valence-corrected chi connectivity index (χ1v) is 10.2. The van der Waals surface area contributed by atoms with Crippen LogP contribution in [0.25, 0.3) is 0 Å². The zero-order valence-corrected chi connectivity index (χ0v) is 16.8. The van der Waals surface area contributed by atoms with Crippen molar-refractivity contribution in [3.8, 4) is 0 Å². The molecule has 1 atom stereocenters. The molecule has 148 valence electrons. The molecule has 4 rings (SSSR count). The van der Waals surface area contributed by atoms with Gasteiger partial charge in [0, 0.05) is 38.5 Å². The van der Waals surface area contributed by atoms with Crippen LogP contribution >= 0.6 is 0 Å². The van der Waals surface area contributed by atoms with Crippen molar-refractivity contribution in [3.63, 3.8) is 0 Å². The van der Waals surface area contributed by atoms with Crippen molar-refractivity contribution in [2.45, 2.75) is 46.6 Å². The summed E-state index contributed by atoms with van der Waals surface area (Å²) in [5.41, 5.74) is -0.447. The number of carbonyl (C=O) groups excluding carboxylic acids is 2. The highest BCUT2D eigenvalue weighted by Crippen LogP contribution is 2.57. The van der Waals surface area contributed by atoms with Gasteiger partial charge >= 0.3 is 0 Å². The molecule has 0 N–H and O–H groups in total. The van der Waals surface area contributed by atoms with Gasteiger partial charge in [0.05, 0.1) is 12.0 Å². The predicted molar refractivity (Wildman–Crippen MR) is 102 cm³/mol. The van der Waals surface area contributed by atoms with Gasteiger partial charge in [-0.25, -0.2) is 0 Å². The average molecular weight is 373 g/mol. The molecule has 6 heteroatoms. The summed E-state index contributed by atoms with van der Waals surface area (Å²) >= 11 is 0. The van der Waals surface area contributed by atoms with Crippen molar-refractivity contribution in [1.29, 1.82) is 0 Å². The van der Waals surface area contributed by atoms with Crippen LogP contribution in [0.15, 0.2) is 16.5 Å². The largest absolute Gasteiger partial charge is 0.465 e. The highest BCUT2D eigenvalue weighted by atomic mass is 16.3. The Bertz CT molecular complexity index is 735. The van der Waals surface area contributed by atoms with Gasteiger partial charge in [0.2, 0.25) is 11.8 Å². The van der Waals surface area contributed by atoms with Gasteiger partial charge in [0.15, 0.2) is 0 Å². The summed E-state index contributed by atoms with van der Waals surface area (Å²) in [5, 5.41) is 0. The number of nitrogens with zero attached hydrogens (tertiary/aromatic N) is 3. The molecule has 3 aliphatic rings. The van der Waals surface area contributed by atoms with E-state index < -0.39 is 0 Å². The van der Waals surface area contributed by atoms with Crippen LogP contribution in [0.1, 0.15) is 44.6 Å². The molecular weight excluding hydrogens is 342 g/mol. The third-order valence-electron chi connectivity index (χ3n) is 7.29. The summed E-state index contributed by atoms with van der Waals surface area (Å²) in [7, 11) is 0. The second-order valence-electron chi connectivity index (χ2n) is 8.66. The molecule has 0 radical (unpaired) electrons. The van der Waals surface area contributed by atoms with Gasteiger partial charge < -0.3 is 14.2 Å². The van der Waals surface area contributed by atoms with Gasteiger partial charge in [-0.15, -0.1) is 0 Å². The molecule has 1 aromatic rings. The number of furan rings is 1. The van der Waals surface area contributed by atoms with Crippen molar-refractivity contribution in [2.75, 3.05) is 39.3 Å². The Morgan fingerprint density at radius 1 is 1.15 bits per heavy atom. The predicted octanol–water partition coefficient (Wildman–Crippen LogP) is 2.27. The molecule has 0 saturated carbocycles. The number of piperidine rings is 1. The minimum absolute atomic E-state index is 0.0742. The number of hydrogen-bond acceptors (Lipinski definition) is 4. The zero-order chi connectivity index (χ0) is 19.2. The van der Waals surface area contributed by atoms with Crippen LogP contribution in [-0.4, -0.2) is 65.8 Å². The Kier molecular flexibility index (Phi) is 4.57. The lowest BCUT2D eigenvalue weighted by Gasteiger charge is -2.46. The lowest BCUT2D eigenvalue weighted by molar-refractivity contribution is -0.142. The maximum absolute atomic E-state index is 13.3. The topological polar surface area (TPSA) is 57.0 Å². The van der Waals surface area contributed by atoms with E-state index in [9.17, 15) is 9.59 Å². The van der Waals surface area contributed by atoms with Crippen molar-refractivity contribution in [3.05, 3.63) is 23.7 Å². The van der Waals surface area contributed by atoms with Crippen LogP contribution < -0.4 is 0 Å². The molecule has 3 fully saturated rings. The summed E-state index contributed by atoms with van der Waals surface area (Å²) in [4.78, 5) is 31.8. The first kappa shape index (κ1) is 18.5. The smallest absolute Gasteiger partial charge is 0.231 e. The molecule has 3 aliphatic heterocycles. The van der Waals surface area contributed by atoms with Crippen LogP contribution in [0.4, 0.5) is 0 Å². The Labute approximate surface area is 161 Å². The molecule has 1 unspecified atom stereocenters. The molecule has 2 spiro atoms.